The van der Waals surface area contributed by atoms with Crippen molar-refractivity contribution < 1.29 is 4.79 Å². The van der Waals surface area contributed by atoms with Crippen LogP contribution in [-0.2, 0) is 0 Å². The lowest BCUT2D eigenvalue weighted by atomic mass is 10.3. The Morgan fingerprint density at radius 3 is 2.87 bits per heavy atom. The maximum absolute atomic E-state index is 11.9. The zero-order valence-corrected chi connectivity index (χ0v) is 10.3. The lowest BCUT2D eigenvalue weighted by Gasteiger charge is -2.15. The van der Waals surface area contributed by atoms with Gasteiger partial charge in [0.05, 0.1) is 16.2 Å². The summed E-state index contributed by atoms with van der Waals surface area (Å²) < 4.78 is 0. The van der Waals surface area contributed by atoms with E-state index in [0.29, 0.717) is 22.8 Å². The fourth-order valence-corrected chi connectivity index (χ4v) is 1.95. The summed E-state index contributed by atoms with van der Waals surface area (Å²) >= 11 is 6.11. The highest BCUT2D eigenvalue weighted by atomic mass is 32.1. The van der Waals surface area contributed by atoms with Gasteiger partial charge in [-0.1, -0.05) is 12.2 Å². The second kappa shape index (κ2) is 5.18. The van der Waals surface area contributed by atoms with Gasteiger partial charge in [-0.3, -0.25) is 4.79 Å². The van der Waals surface area contributed by atoms with E-state index >= 15 is 0 Å². The molecular formula is C9H13N3OS2. The normalized spacial score (nSPS) is 10.0. The number of rotatable bonds is 4. The van der Waals surface area contributed by atoms with E-state index in [1.54, 1.807) is 17.5 Å². The number of carbonyl (C=O) groups excluding carboxylic acids is 1. The molecule has 82 valence electrons. The van der Waals surface area contributed by atoms with Crippen LogP contribution in [0, 0.1) is 6.92 Å². The minimum absolute atomic E-state index is 0.0220. The molecule has 0 aliphatic heterocycles. The number of amides is 1. The first-order chi connectivity index (χ1) is 7.02. The average molecular weight is 243 g/mol. The molecule has 1 amide bonds. The van der Waals surface area contributed by atoms with Gasteiger partial charge in [-0.25, -0.2) is 4.98 Å². The van der Waals surface area contributed by atoms with Gasteiger partial charge >= 0.3 is 0 Å². The standard InChI is InChI=1S/C9H13N3OS2/c1-6-8(15-5-11-6)9(13)12(2)4-3-7(10)14/h5H,3-4H2,1-2H3,(H2,10,14). The Bertz CT molecular complexity index is 375. The van der Waals surface area contributed by atoms with Crippen LogP contribution in [0.2, 0.25) is 0 Å². The molecule has 0 spiro atoms. The zero-order valence-electron chi connectivity index (χ0n) is 8.69. The van der Waals surface area contributed by atoms with Crippen LogP contribution in [0.25, 0.3) is 0 Å². The molecule has 0 saturated carbocycles. The van der Waals surface area contributed by atoms with Crippen molar-refractivity contribution in [1.29, 1.82) is 0 Å². The fourth-order valence-electron chi connectivity index (χ4n) is 1.06. The Labute approximate surface area is 98.1 Å². The van der Waals surface area contributed by atoms with E-state index in [1.165, 1.54) is 11.3 Å². The molecule has 1 aromatic heterocycles. The molecule has 0 aliphatic carbocycles. The number of aryl methyl sites for hydroxylation is 1. The summed E-state index contributed by atoms with van der Waals surface area (Å²) in [6.07, 6.45) is 0.551. The third-order valence-corrected chi connectivity index (χ3v) is 3.10. The molecule has 2 N–H and O–H groups in total. The smallest absolute Gasteiger partial charge is 0.265 e. The second-order valence-corrected chi connectivity index (χ2v) is 4.59. The molecule has 4 nitrogen and oxygen atoms in total. The van der Waals surface area contributed by atoms with E-state index in [1.807, 2.05) is 6.92 Å². The van der Waals surface area contributed by atoms with Crippen molar-refractivity contribution in [3.05, 3.63) is 16.1 Å². The summed E-state index contributed by atoms with van der Waals surface area (Å²) in [5.74, 6) is -0.0220. The third kappa shape index (κ3) is 3.24. The number of thiocarbonyl (C=S) groups is 1. The van der Waals surface area contributed by atoms with E-state index in [9.17, 15) is 4.79 Å². The average Bonchev–Trinajstić information content (AvgIpc) is 2.59. The summed E-state index contributed by atoms with van der Waals surface area (Å²) in [6, 6.07) is 0. The van der Waals surface area contributed by atoms with Crippen LogP contribution >= 0.6 is 23.6 Å². The lowest BCUT2D eigenvalue weighted by molar-refractivity contribution is 0.0803. The van der Waals surface area contributed by atoms with E-state index in [0.717, 1.165) is 5.69 Å². The van der Waals surface area contributed by atoms with Crippen molar-refractivity contribution in [2.45, 2.75) is 13.3 Å². The second-order valence-electron chi connectivity index (χ2n) is 3.21. The van der Waals surface area contributed by atoms with Crippen LogP contribution in [0.1, 0.15) is 21.8 Å². The molecule has 0 aliphatic rings. The number of thiazole rings is 1. The molecule has 15 heavy (non-hydrogen) atoms. The Kier molecular flexibility index (Phi) is 4.16. The molecule has 0 atom stereocenters. The summed E-state index contributed by atoms with van der Waals surface area (Å²) in [6.45, 7) is 2.37. The quantitative estimate of drug-likeness (QED) is 0.807. The van der Waals surface area contributed by atoms with E-state index in [2.05, 4.69) is 4.98 Å². The maximum atomic E-state index is 11.9. The molecule has 1 rings (SSSR count). The molecule has 0 fully saturated rings. The van der Waals surface area contributed by atoms with Gasteiger partial charge in [-0.15, -0.1) is 11.3 Å². The molecule has 0 radical (unpaired) electrons. The Balaban J connectivity index is 2.61. The van der Waals surface area contributed by atoms with Crippen molar-refractivity contribution in [2.75, 3.05) is 13.6 Å². The largest absolute Gasteiger partial charge is 0.393 e. The Morgan fingerprint density at radius 1 is 1.73 bits per heavy atom. The zero-order chi connectivity index (χ0) is 11.4. The molecule has 0 bridgehead atoms. The number of hydrogen-bond acceptors (Lipinski definition) is 4. The predicted octanol–water partition coefficient (Wildman–Crippen LogP) is 1.20. The summed E-state index contributed by atoms with van der Waals surface area (Å²) in [5, 5.41) is 0. The topological polar surface area (TPSA) is 59.2 Å². The SMILES string of the molecule is Cc1ncsc1C(=O)N(C)CCC(N)=S. The first-order valence-electron chi connectivity index (χ1n) is 4.46. The van der Waals surface area contributed by atoms with Gasteiger partial charge < -0.3 is 10.6 Å². The molecule has 6 heteroatoms. The monoisotopic (exact) mass is 243 g/mol. The van der Waals surface area contributed by atoms with Crippen LogP contribution in [-0.4, -0.2) is 34.4 Å². The van der Waals surface area contributed by atoms with Crippen molar-refractivity contribution in [1.82, 2.24) is 9.88 Å². The highest BCUT2D eigenvalue weighted by Gasteiger charge is 2.15. The minimum Gasteiger partial charge on any atom is -0.393 e. The number of nitrogens with zero attached hydrogens (tertiary/aromatic N) is 2. The highest BCUT2D eigenvalue weighted by molar-refractivity contribution is 7.80. The fraction of sp³-hybridized carbons (Fsp3) is 0.444. The molecule has 0 unspecified atom stereocenters. The Hall–Kier alpha value is -1.01. The first kappa shape index (κ1) is 12.1. The van der Waals surface area contributed by atoms with E-state index in [4.69, 9.17) is 18.0 Å². The van der Waals surface area contributed by atoms with Gasteiger partial charge in [0.15, 0.2) is 0 Å². The van der Waals surface area contributed by atoms with Crippen molar-refractivity contribution in [2.24, 2.45) is 5.73 Å². The molecule has 0 aromatic carbocycles. The van der Waals surface area contributed by atoms with E-state index < -0.39 is 0 Å². The minimum atomic E-state index is -0.0220. The van der Waals surface area contributed by atoms with Crippen LogP contribution in [0.15, 0.2) is 5.51 Å². The van der Waals surface area contributed by atoms with Gasteiger partial charge in [0.1, 0.15) is 4.88 Å². The molecular weight excluding hydrogens is 230 g/mol. The molecule has 1 aromatic rings. The summed E-state index contributed by atoms with van der Waals surface area (Å²) in [7, 11) is 1.74. The van der Waals surface area contributed by atoms with Gasteiger partial charge in [0.25, 0.3) is 5.91 Å². The van der Waals surface area contributed by atoms with Gasteiger partial charge in [0, 0.05) is 20.0 Å². The summed E-state index contributed by atoms with van der Waals surface area (Å²) in [4.78, 5) is 18.6. The van der Waals surface area contributed by atoms with Crippen molar-refractivity contribution in [3.8, 4) is 0 Å². The number of aromatic nitrogens is 1. The Morgan fingerprint density at radius 2 is 2.40 bits per heavy atom. The van der Waals surface area contributed by atoms with Gasteiger partial charge in [0.2, 0.25) is 0 Å². The molecule has 0 saturated heterocycles. The maximum Gasteiger partial charge on any atom is 0.265 e. The predicted molar refractivity (Wildman–Crippen MR) is 65.2 cm³/mol. The summed E-state index contributed by atoms with van der Waals surface area (Å²) in [5.41, 5.74) is 7.81. The van der Waals surface area contributed by atoms with Crippen LogP contribution in [0.3, 0.4) is 0 Å². The van der Waals surface area contributed by atoms with E-state index in [-0.39, 0.29) is 5.91 Å². The van der Waals surface area contributed by atoms with Crippen LogP contribution in [0.4, 0.5) is 0 Å². The number of carbonyl (C=O) groups is 1. The number of nitrogens with two attached hydrogens (primary N) is 1. The van der Waals surface area contributed by atoms with Gasteiger partial charge in [-0.05, 0) is 6.92 Å². The lowest BCUT2D eigenvalue weighted by Crippen LogP contribution is -2.29. The first-order valence-corrected chi connectivity index (χ1v) is 5.75. The highest BCUT2D eigenvalue weighted by Crippen LogP contribution is 2.14. The van der Waals surface area contributed by atoms with Crippen LogP contribution in [0.5, 0.6) is 0 Å². The van der Waals surface area contributed by atoms with Crippen molar-refractivity contribution in [3.63, 3.8) is 0 Å². The van der Waals surface area contributed by atoms with Crippen molar-refractivity contribution >= 4 is 34.5 Å². The third-order valence-electron chi connectivity index (χ3n) is 1.98. The molecule has 1 heterocycles. The van der Waals surface area contributed by atoms with Crippen LogP contribution < -0.4 is 5.73 Å². The number of hydrogen-bond donors (Lipinski definition) is 1. The van der Waals surface area contributed by atoms with Gasteiger partial charge in [-0.2, -0.15) is 0 Å².